The maximum absolute atomic E-state index is 13.1. The van der Waals surface area contributed by atoms with Crippen LogP contribution in [0.15, 0.2) is 41.3 Å². The molecule has 0 spiro atoms. The molecule has 0 radical (unpaired) electrons. The fourth-order valence-electron chi connectivity index (χ4n) is 2.69. The van der Waals surface area contributed by atoms with Crippen LogP contribution in [0.2, 0.25) is 10.0 Å². The summed E-state index contributed by atoms with van der Waals surface area (Å²) in [7, 11) is -4.10. The molecule has 0 fully saturated rings. The lowest BCUT2D eigenvalue weighted by molar-refractivity contribution is -0.118. The molecule has 0 aromatic heterocycles. The molecule has 0 saturated carbocycles. The largest absolute Gasteiger partial charge is 0.396 e. The number of para-hydroxylation sites is 1. The average Bonchev–Trinajstić information content (AvgIpc) is 2.92. The highest BCUT2D eigenvalue weighted by Crippen LogP contribution is 2.39. The second-order valence-corrected chi connectivity index (χ2v) is 7.98. The predicted octanol–water partition coefficient (Wildman–Crippen LogP) is 2.18. The normalized spacial score (nSPS) is 16.9. The third kappa shape index (κ3) is 2.58. The van der Waals surface area contributed by atoms with Gasteiger partial charge >= 0.3 is 0 Å². The number of amides is 1. The number of fused-ring (bicyclic) bond motifs is 1. The Morgan fingerprint density at radius 1 is 1.17 bits per heavy atom. The minimum absolute atomic E-state index is 0.0178. The number of carbonyl (C=O) groups excluding carboxylic acids is 1. The van der Waals surface area contributed by atoms with Gasteiger partial charge in [0.1, 0.15) is 6.04 Å². The molecule has 24 heavy (non-hydrogen) atoms. The van der Waals surface area contributed by atoms with Crippen LogP contribution >= 0.6 is 23.2 Å². The Morgan fingerprint density at radius 3 is 2.33 bits per heavy atom. The molecule has 1 aliphatic rings. The average molecular weight is 386 g/mol. The highest BCUT2D eigenvalue weighted by atomic mass is 35.5. The predicted molar refractivity (Wildman–Crippen MR) is 93.7 cm³/mol. The fraction of sp³-hybridized carbons (Fsp3) is 0.133. The summed E-state index contributed by atoms with van der Waals surface area (Å²) in [5.74, 6) is -0.734. The number of nitrogens with zero attached hydrogens (tertiary/aromatic N) is 1. The van der Waals surface area contributed by atoms with Crippen molar-refractivity contribution in [3.63, 3.8) is 0 Å². The van der Waals surface area contributed by atoms with Crippen molar-refractivity contribution in [1.82, 2.24) is 0 Å². The lowest BCUT2D eigenvalue weighted by Crippen LogP contribution is -2.46. The summed E-state index contributed by atoms with van der Waals surface area (Å²) in [5, 5.41) is 0.0355. The molecule has 1 amide bonds. The number of carbonyl (C=O) groups is 1. The molecule has 3 rings (SSSR count). The summed E-state index contributed by atoms with van der Waals surface area (Å²) in [6.07, 6.45) is 0.209. The van der Waals surface area contributed by atoms with Gasteiger partial charge in [-0.15, -0.1) is 0 Å². The number of anilines is 2. The zero-order valence-corrected chi connectivity index (χ0v) is 14.6. The monoisotopic (exact) mass is 385 g/mol. The van der Waals surface area contributed by atoms with E-state index in [1.165, 1.54) is 12.1 Å². The zero-order valence-electron chi connectivity index (χ0n) is 12.2. The van der Waals surface area contributed by atoms with E-state index in [1.807, 2.05) is 0 Å². The Hall–Kier alpha value is -1.96. The highest BCUT2D eigenvalue weighted by molar-refractivity contribution is 7.93. The Bertz CT molecular complexity index is 924. The number of nitrogens with two attached hydrogens (primary N) is 2. The van der Waals surface area contributed by atoms with E-state index in [4.69, 9.17) is 34.7 Å². The van der Waals surface area contributed by atoms with Crippen LogP contribution in [-0.4, -0.2) is 20.4 Å². The van der Waals surface area contributed by atoms with E-state index in [2.05, 4.69) is 0 Å². The number of halogens is 2. The first kappa shape index (κ1) is 16.9. The van der Waals surface area contributed by atoms with Crippen LogP contribution in [0.25, 0.3) is 0 Å². The smallest absolute Gasteiger partial charge is 0.265 e. The molecule has 0 unspecified atom stereocenters. The number of sulfonamides is 1. The molecule has 9 heteroatoms. The molecule has 2 aromatic carbocycles. The molecule has 0 bridgehead atoms. The molecule has 1 heterocycles. The van der Waals surface area contributed by atoms with E-state index in [1.54, 1.807) is 24.3 Å². The molecule has 4 N–H and O–H groups in total. The Kier molecular flexibility index (Phi) is 4.11. The van der Waals surface area contributed by atoms with Crippen molar-refractivity contribution in [3.8, 4) is 0 Å². The number of hydrogen-bond acceptors (Lipinski definition) is 4. The van der Waals surface area contributed by atoms with Gasteiger partial charge in [0.25, 0.3) is 10.0 Å². The molecular formula is C15H13Cl2N3O3S. The van der Waals surface area contributed by atoms with Crippen molar-refractivity contribution in [2.24, 2.45) is 5.73 Å². The maximum Gasteiger partial charge on any atom is 0.265 e. The molecule has 0 saturated heterocycles. The van der Waals surface area contributed by atoms with Gasteiger partial charge < -0.3 is 11.5 Å². The van der Waals surface area contributed by atoms with Crippen molar-refractivity contribution in [2.75, 3.05) is 10.0 Å². The number of benzene rings is 2. The summed E-state index contributed by atoms with van der Waals surface area (Å²) in [4.78, 5) is 11.6. The van der Waals surface area contributed by atoms with E-state index >= 15 is 0 Å². The molecular weight excluding hydrogens is 373 g/mol. The lowest BCUT2D eigenvalue weighted by atomic mass is 10.1. The second-order valence-electron chi connectivity index (χ2n) is 5.35. The zero-order chi connectivity index (χ0) is 17.6. The van der Waals surface area contributed by atoms with Crippen LogP contribution in [0.1, 0.15) is 5.56 Å². The van der Waals surface area contributed by atoms with E-state index < -0.39 is 22.0 Å². The Morgan fingerprint density at radius 2 is 1.75 bits per heavy atom. The molecule has 126 valence electrons. The fourth-order valence-corrected chi connectivity index (χ4v) is 5.02. The number of rotatable bonds is 3. The van der Waals surface area contributed by atoms with Crippen LogP contribution in [0.4, 0.5) is 11.4 Å². The summed E-state index contributed by atoms with van der Waals surface area (Å²) < 4.78 is 27.2. The molecule has 6 nitrogen and oxygen atoms in total. The van der Waals surface area contributed by atoms with E-state index in [-0.39, 0.29) is 27.0 Å². The first-order chi connectivity index (χ1) is 11.2. The summed E-state index contributed by atoms with van der Waals surface area (Å²) >= 11 is 11.9. The van der Waals surface area contributed by atoms with Gasteiger partial charge in [-0.3, -0.25) is 9.10 Å². The first-order valence-corrected chi connectivity index (χ1v) is 9.09. The van der Waals surface area contributed by atoms with Crippen LogP contribution in [0, 0.1) is 0 Å². The summed E-state index contributed by atoms with van der Waals surface area (Å²) in [6.45, 7) is 0. The van der Waals surface area contributed by atoms with Crippen LogP contribution in [0.5, 0.6) is 0 Å². The standard InChI is InChI=1S/C15H13Cl2N3O3S/c16-10-6-9(7-11(17)14(10)18)24(22,23)20-12-4-2-1-3-8(12)5-13(20)15(19)21/h1-4,6-7,13H,5,18H2,(H2,19,21)/t13-/m0/s1. The van der Waals surface area contributed by atoms with Crippen molar-refractivity contribution in [2.45, 2.75) is 17.4 Å². The van der Waals surface area contributed by atoms with E-state index in [9.17, 15) is 13.2 Å². The quantitative estimate of drug-likeness (QED) is 0.789. The van der Waals surface area contributed by atoms with Gasteiger partial charge in [0.2, 0.25) is 5.91 Å². The van der Waals surface area contributed by atoms with Gasteiger partial charge in [-0.25, -0.2) is 8.42 Å². The van der Waals surface area contributed by atoms with E-state index in [0.717, 1.165) is 9.87 Å². The second kappa shape index (κ2) is 5.84. The third-order valence-corrected chi connectivity index (χ3v) is 6.29. The maximum atomic E-state index is 13.1. The lowest BCUT2D eigenvalue weighted by Gasteiger charge is -2.25. The Labute approximate surface area is 149 Å². The van der Waals surface area contributed by atoms with Crippen LogP contribution < -0.4 is 15.8 Å². The van der Waals surface area contributed by atoms with Gasteiger partial charge in [-0.05, 0) is 23.8 Å². The van der Waals surface area contributed by atoms with Crippen molar-refractivity contribution in [3.05, 3.63) is 52.0 Å². The van der Waals surface area contributed by atoms with Crippen LogP contribution in [-0.2, 0) is 21.2 Å². The minimum Gasteiger partial charge on any atom is -0.396 e. The Balaban J connectivity index is 2.19. The molecule has 1 atom stereocenters. The summed E-state index contributed by atoms with van der Waals surface area (Å²) in [5.41, 5.74) is 12.3. The molecule has 1 aliphatic heterocycles. The van der Waals surface area contributed by atoms with Crippen molar-refractivity contribution in [1.29, 1.82) is 0 Å². The first-order valence-electron chi connectivity index (χ1n) is 6.89. The summed E-state index contributed by atoms with van der Waals surface area (Å²) in [6, 6.07) is 8.23. The van der Waals surface area contributed by atoms with Crippen molar-refractivity contribution < 1.29 is 13.2 Å². The minimum atomic E-state index is -4.10. The highest BCUT2D eigenvalue weighted by Gasteiger charge is 2.41. The van der Waals surface area contributed by atoms with Gasteiger partial charge in [0, 0.05) is 6.42 Å². The SMILES string of the molecule is NC(=O)[C@@H]1Cc2ccccc2N1S(=O)(=O)c1cc(Cl)c(N)c(Cl)c1. The van der Waals surface area contributed by atoms with Gasteiger partial charge in [-0.1, -0.05) is 41.4 Å². The topological polar surface area (TPSA) is 106 Å². The number of primary amides is 1. The third-order valence-electron chi connectivity index (χ3n) is 3.86. The molecule has 2 aromatic rings. The van der Waals surface area contributed by atoms with Gasteiger partial charge in [0.05, 0.1) is 26.3 Å². The van der Waals surface area contributed by atoms with E-state index in [0.29, 0.717) is 5.69 Å². The number of hydrogen-bond donors (Lipinski definition) is 2. The van der Waals surface area contributed by atoms with Crippen LogP contribution in [0.3, 0.4) is 0 Å². The van der Waals surface area contributed by atoms with Gasteiger partial charge in [0.15, 0.2) is 0 Å². The number of nitrogen functional groups attached to an aromatic ring is 1. The van der Waals surface area contributed by atoms with Crippen molar-refractivity contribution >= 4 is 50.5 Å². The van der Waals surface area contributed by atoms with Gasteiger partial charge in [-0.2, -0.15) is 0 Å². The molecule has 0 aliphatic carbocycles.